The topological polar surface area (TPSA) is 102 Å². The lowest BCUT2D eigenvalue weighted by Crippen LogP contribution is -2.13. The molecule has 0 aliphatic rings. The second-order valence-corrected chi connectivity index (χ2v) is 8.54. The first-order chi connectivity index (χ1) is 14.4. The van der Waals surface area contributed by atoms with Crippen molar-refractivity contribution >= 4 is 38.8 Å². The van der Waals surface area contributed by atoms with Crippen LogP contribution in [0.25, 0.3) is 5.82 Å². The fourth-order valence-electron chi connectivity index (χ4n) is 2.64. The minimum atomic E-state index is -3.74. The Labute approximate surface area is 178 Å². The number of hydrogen-bond donors (Lipinski definition) is 2. The molecule has 0 bridgehead atoms. The summed E-state index contributed by atoms with van der Waals surface area (Å²) >= 11 is 6.04. The number of sulfonamides is 1. The fraction of sp³-hybridized carbons (Fsp3) is 0.0500. The van der Waals surface area contributed by atoms with Gasteiger partial charge in [0.05, 0.1) is 4.90 Å². The summed E-state index contributed by atoms with van der Waals surface area (Å²) in [5, 5.41) is 15.9. The molecule has 152 valence electrons. The Kier molecular flexibility index (Phi) is 5.39. The summed E-state index contributed by atoms with van der Waals surface area (Å²) < 4.78 is 29.3. The van der Waals surface area contributed by atoms with Gasteiger partial charge in [-0.25, -0.2) is 13.1 Å². The second-order valence-electron chi connectivity index (χ2n) is 6.45. The molecule has 4 rings (SSSR count). The Morgan fingerprint density at radius 3 is 2.37 bits per heavy atom. The summed E-state index contributed by atoms with van der Waals surface area (Å²) in [4.78, 5) is 0.104. The lowest BCUT2D eigenvalue weighted by atomic mass is 10.2. The van der Waals surface area contributed by atoms with E-state index in [1.54, 1.807) is 65.6 Å². The average molecular weight is 441 g/mol. The van der Waals surface area contributed by atoms with E-state index in [2.05, 4.69) is 25.3 Å². The first kappa shape index (κ1) is 19.9. The van der Waals surface area contributed by atoms with Crippen LogP contribution in [0.2, 0.25) is 5.02 Å². The maximum atomic E-state index is 12.6. The van der Waals surface area contributed by atoms with Crippen molar-refractivity contribution in [3.63, 3.8) is 0 Å². The van der Waals surface area contributed by atoms with E-state index in [0.29, 0.717) is 22.3 Å². The summed E-state index contributed by atoms with van der Waals surface area (Å²) in [6.07, 6.45) is 3.44. The van der Waals surface area contributed by atoms with E-state index in [9.17, 15) is 8.42 Å². The van der Waals surface area contributed by atoms with Gasteiger partial charge < -0.3 is 5.32 Å². The van der Waals surface area contributed by atoms with Crippen molar-refractivity contribution in [2.24, 2.45) is 0 Å². The number of halogens is 1. The van der Waals surface area contributed by atoms with Crippen LogP contribution >= 0.6 is 11.6 Å². The van der Waals surface area contributed by atoms with Crippen LogP contribution in [0, 0.1) is 6.92 Å². The first-order valence-electron chi connectivity index (χ1n) is 8.90. The lowest BCUT2D eigenvalue weighted by molar-refractivity contribution is 0.601. The highest BCUT2D eigenvalue weighted by atomic mass is 35.5. The van der Waals surface area contributed by atoms with Gasteiger partial charge in [0.2, 0.25) is 0 Å². The van der Waals surface area contributed by atoms with Crippen LogP contribution in [0.3, 0.4) is 0 Å². The quantitative estimate of drug-likeness (QED) is 0.466. The van der Waals surface area contributed by atoms with Crippen LogP contribution in [0.1, 0.15) is 5.56 Å². The summed E-state index contributed by atoms with van der Waals surface area (Å²) in [5.74, 6) is 1.15. The SMILES string of the molecule is Cc1ccc(S(=O)(=O)Nc2ccc(Nc3ccc(-n4cccn4)nn3)cc2)cc1Cl. The molecule has 2 heterocycles. The molecule has 0 fully saturated rings. The normalized spacial score (nSPS) is 11.3. The Balaban J connectivity index is 1.44. The Morgan fingerprint density at radius 2 is 1.73 bits per heavy atom. The van der Waals surface area contributed by atoms with E-state index in [0.717, 1.165) is 11.3 Å². The highest BCUT2D eigenvalue weighted by Crippen LogP contribution is 2.23. The lowest BCUT2D eigenvalue weighted by Gasteiger charge is -2.10. The Hall–Kier alpha value is -3.43. The smallest absolute Gasteiger partial charge is 0.261 e. The Morgan fingerprint density at radius 1 is 0.967 bits per heavy atom. The van der Waals surface area contributed by atoms with E-state index < -0.39 is 10.0 Å². The largest absolute Gasteiger partial charge is 0.339 e. The number of nitrogens with zero attached hydrogens (tertiary/aromatic N) is 4. The summed E-state index contributed by atoms with van der Waals surface area (Å²) in [6, 6.07) is 16.8. The minimum Gasteiger partial charge on any atom is -0.339 e. The van der Waals surface area contributed by atoms with Gasteiger partial charge in [-0.3, -0.25) is 4.72 Å². The molecule has 8 nitrogen and oxygen atoms in total. The molecule has 0 saturated heterocycles. The maximum Gasteiger partial charge on any atom is 0.261 e. The second kappa shape index (κ2) is 8.13. The van der Waals surface area contributed by atoms with Crippen LogP contribution in [-0.2, 0) is 10.0 Å². The molecule has 0 radical (unpaired) electrons. The van der Waals surface area contributed by atoms with Crippen molar-refractivity contribution in [1.29, 1.82) is 0 Å². The van der Waals surface area contributed by atoms with Gasteiger partial charge in [0.1, 0.15) is 0 Å². The van der Waals surface area contributed by atoms with Crippen LogP contribution < -0.4 is 10.0 Å². The van der Waals surface area contributed by atoms with E-state index in [4.69, 9.17) is 11.6 Å². The van der Waals surface area contributed by atoms with Crippen molar-refractivity contribution in [2.75, 3.05) is 10.0 Å². The van der Waals surface area contributed by atoms with Crippen molar-refractivity contribution in [3.05, 3.63) is 83.6 Å². The van der Waals surface area contributed by atoms with Gasteiger partial charge in [0.25, 0.3) is 10.0 Å². The average Bonchev–Trinajstić information content (AvgIpc) is 3.27. The highest BCUT2D eigenvalue weighted by molar-refractivity contribution is 7.92. The number of anilines is 3. The zero-order valence-corrected chi connectivity index (χ0v) is 17.4. The van der Waals surface area contributed by atoms with Gasteiger partial charge in [0.15, 0.2) is 11.6 Å². The molecule has 0 amide bonds. The van der Waals surface area contributed by atoms with Crippen LogP contribution in [-0.4, -0.2) is 28.4 Å². The van der Waals surface area contributed by atoms with Crippen molar-refractivity contribution in [2.45, 2.75) is 11.8 Å². The number of rotatable bonds is 6. The number of benzene rings is 2. The third-order valence-corrected chi connectivity index (χ3v) is 6.04. The zero-order valence-electron chi connectivity index (χ0n) is 15.8. The molecule has 0 aliphatic carbocycles. The van der Waals surface area contributed by atoms with Crippen LogP contribution in [0.15, 0.2) is 78.0 Å². The predicted molar refractivity (Wildman–Crippen MR) is 116 cm³/mol. The first-order valence-corrected chi connectivity index (χ1v) is 10.8. The molecular formula is C20H17ClN6O2S. The maximum absolute atomic E-state index is 12.6. The van der Waals surface area contributed by atoms with E-state index in [1.165, 1.54) is 12.1 Å². The molecule has 4 aromatic rings. The Bertz CT molecular complexity index is 1260. The molecule has 0 atom stereocenters. The van der Waals surface area contributed by atoms with Gasteiger partial charge in [-0.05, 0) is 67.1 Å². The van der Waals surface area contributed by atoms with Crippen LogP contribution in [0.5, 0.6) is 0 Å². The van der Waals surface area contributed by atoms with E-state index in [-0.39, 0.29) is 4.90 Å². The van der Waals surface area contributed by atoms with Gasteiger partial charge in [0, 0.05) is 28.8 Å². The molecule has 2 aromatic carbocycles. The van der Waals surface area contributed by atoms with Gasteiger partial charge >= 0.3 is 0 Å². The molecule has 2 N–H and O–H groups in total. The third kappa shape index (κ3) is 4.42. The molecule has 10 heteroatoms. The summed E-state index contributed by atoms with van der Waals surface area (Å²) in [5.41, 5.74) is 1.97. The summed E-state index contributed by atoms with van der Waals surface area (Å²) in [6.45, 7) is 1.81. The molecule has 30 heavy (non-hydrogen) atoms. The number of hydrogen-bond acceptors (Lipinski definition) is 6. The van der Waals surface area contributed by atoms with Crippen molar-refractivity contribution in [3.8, 4) is 5.82 Å². The monoisotopic (exact) mass is 440 g/mol. The molecular weight excluding hydrogens is 424 g/mol. The predicted octanol–water partition coefficient (Wildman–Crippen LogP) is 4.17. The molecule has 0 aliphatic heterocycles. The number of aromatic nitrogens is 4. The molecule has 2 aromatic heterocycles. The standard InChI is InChI=1S/C20H17ClN6O2S/c1-14-3-8-17(13-18(14)21)30(28,29)26-16-6-4-15(5-7-16)23-19-9-10-20(25-24-19)27-12-2-11-22-27/h2-13,26H,1H3,(H,23,24). The van der Waals surface area contributed by atoms with Crippen molar-refractivity contribution in [1.82, 2.24) is 20.0 Å². The molecule has 0 spiro atoms. The van der Waals surface area contributed by atoms with E-state index >= 15 is 0 Å². The van der Waals surface area contributed by atoms with Crippen LogP contribution in [0.4, 0.5) is 17.2 Å². The van der Waals surface area contributed by atoms with Gasteiger partial charge in [-0.1, -0.05) is 17.7 Å². The number of aryl methyl sites for hydroxylation is 1. The van der Waals surface area contributed by atoms with Gasteiger partial charge in [-0.15, -0.1) is 10.2 Å². The summed E-state index contributed by atoms with van der Waals surface area (Å²) in [7, 11) is -3.74. The van der Waals surface area contributed by atoms with E-state index in [1.807, 2.05) is 6.92 Å². The third-order valence-electron chi connectivity index (χ3n) is 4.25. The van der Waals surface area contributed by atoms with Crippen molar-refractivity contribution < 1.29 is 8.42 Å². The molecule has 0 unspecified atom stereocenters. The molecule has 0 saturated carbocycles. The minimum absolute atomic E-state index is 0.104. The fourth-order valence-corrected chi connectivity index (χ4v) is 3.97. The zero-order chi connectivity index (χ0) is 21.1. The number of nitrogens with one attached hydrogen (secondary N) is 2. The highest BCUT2D eigenvalue weighted by Gasteiger charge is 2.15. The van der Waals surface area contributed by atoms with Gasteiger partial charge in [-0.2, -0.15) is 5.10 Å².